The third-order valence-corrected chi connectivity index (χ3v) is 6.24. The van der Waals surface area contributed by atoms with E-state index in [4.69, 9.17) is 0 Å². The fourth-order valence-corrected chi connectivity index (χ4v) is 4.54. The van der Waals surface area contributed by atoms with Crippen molar-refractivity contribution in [2.75, 3.05) is 17.3 Å². The first kappa shape index (κ1) is 20.3. The maximum Gasteiger partial charge on any atom is 0.262 e. The summed E-state index contributed by atoms with van der Waals surface area (Å²) in [5, 5.41) is 5.10. The number of thiazole rings is 1. The lowest BCUT2D eigenvalue weighted by atomic mass is 10.1. The van der Waals surface area contributed by atoms with Gasteiger partial charge in [0.2, 0.25) is 5.91 Å². The van der Waals surface area contributed by atoms with Crippen LogP contribution in [0.1, 0.15) is 27.1 Å². The van der Waals surface area contributed by atoms with E-state index >= 15 is 0 Å². The molecule has 0 radical (unpaired) electrons. The number of carbonyl (C=O) groups is 3. The summed E-state index contributed by atoms with van der Waals surface area (Å²) < 4.78 is 0. The molecule has 0 spiro atoms. The topological polar surface area (TPSA) is 79.4 Å². The Morgan fingerprint density at radius 1 is 1.07 bits per heavy atom. The van der Waals surface area contributed by atoms with Gasteiger partial charge in [-0.3, -0.25) is 19.3 Å². The molecule has 152 valence electrons. The lowest BCUT2D eigenvalue weighted by molar-refractivity contribution is -0.120. The van der Waals surface area contributed by atoms with Crippen LogP contribution in [-0.2, 0) is 4.79 Å². The van der Waals surface area contributed by atoms with Gasteiger partial charge in [0.1, 0.15) is 6.04 Å². The fourth-order valence-electron chi connectivity index (χ4n) is 3.36. The molecule has 2 heterocycles. The smallest absolute Gasteiger partial charge is 0.262 e. The summed E-state index contributed by atoms with van der Waals surface area (Å²) in [6.45, 7) is 0. The maximum atomic E-state index is 13.1. The zero-order valence-corrected chi connectivity index (χ0v) is 17.8. The van der Waals surface area contributed by atoms with Gasteiger partial charge in [0.15, 0.2) is 5.13 Å². The molecule has 6 nitrogen and oxygen atoms in total. The SMILES string of the molecule is CSCC[C@H](C(=O)Nc1nc(-c2ccccc2)cs1)N1C(=O)c2ccccc2C1=O. The minimum absolute atomic E-state index is 0.338. The average molecular weight is 438 g/mol. The monoisotopic (exact) mass is 437 g/mol. The Kier molecular flexibility index (Phi) is 5.96. The van der Waals surface area contributed by atoms with Crippen LogP contribution in [0.4, 0.5) is 5.13 Å². The van der Waals surface area contributed by atoms with Gasteiger partial charge in [-0.2, -0.15) is 11.8 Å². The second-order valence-corrected chi connectivity index (χ2v) is 8.56. The molecule has 1 aliphatic heterocycles. The third-order valence-electron chi connectivity index (χ3n) is 4.84. The van der Waals surface area contributed by atoms with E-state index in [2.05, 4.69) is 10.3 Å². The zero-order valence-electron chi connectivity index (χ0n) is 16.2. The molecule has 0 saturated carbocycles. The highest BCUT2D eigenvalue weighted by molar-refractivity contribution is 7.98. The van der Waals surface area contributed by atoms with Crippen molar-refractivity contribution in [3.8, 4) is 11.3 Å². The Balaban J connectivity index is 1.56. The number of amides is 3. The van der Waals surface area contributed by atoms with Crippen LogP contribution in [0.15, 0.2) is 60.0 Å². The number of thioether (sulfide) groups is 1. The first-order valence-corrected chi connectivity index (χ1v) is 11.6. The Labute approximate surface area is 182 Å². The highest BCUT2D eigenvalue weighted by atomic mass is 32.2. The number of carbonyl (C=O) groups excluding carboxylic acids is 3. The molecule has 3 aromatic rings. The molecule has 0 fully saturated rings. The molecule has 0 unspecified atom stereocenters. The van der Waals surface area contributed by atoms with Crippen LogP contribution in [0.2, 0.25) is 0 Å². The van der Waals surface area contributed by atoms with Crippen molar-refractivity contribution in [2.45, 2.75) is 12.5 Å². The molecule has 1 aliphatic rings. The molecule has 0 saturated heterocycles. The molecule has 8 heteroatoms. The van der Waals surface area contributed by atoms with Crippen molar-refractivity contribution < 1.29 is 14.4 Å². The van der Waals surface area contributed by atoms with Crippen LogP contribution in [0.25, 0.3) is 11.3 Å². The molecule has 1 atom stereocenters. The number of nitrogens with one attached hydrogen (secondary N) is 1. The van der Waals surface area contributed by atoms with E-state index in [0.717, 1.165) is 16.2 Å². The van der Waals surface area contributed by atoms with Gasteiger partial charge in [0.25, 0.3) is 11.8 Å². The standard InChI is InChI=1S/C22H19N3O3S2/c1-29-12-11-18(25-20(27)15-9-5-6-10-16(15)21(25)28)19(26)24-22-23-17(13-30-22)14-7-3-2-4-8-14/h2-10,13,18H,11-12H2,1H3,(H,23,24,26)/t18-/m1/s1. The van der Waals surface area contributed by atoms with Gasteiger partial charge in [0.05, 0.1) is 16.8 Å². The molecule has 0 bridgehead atoms. The highest BCUT2D eigenvalue weighted by Gasteiger charge is 2.42. The Morgan fingerprint density at radius 3 is 2.33 bits per heavy atom. The number of imide groups is 1. The summed E-state index contributed by atoms with van der Waals surface area (Å²) in [6, 6.07) is 15.4. The van der Waals surface area contributed by atoms with Gasteiger partial charge in [-0.25, -0.2) is 4.98 Å². The van der Waals surface area contributed by atoms with Gasteiger partial charge in [-0.15, -0.1) is 11.3 Å². The number of benzene rings is 2. The normalized spacial score (nSPS) is 14.0. The average Bonchev–Trinajstić information content (AvgIpc) is 3.33. The minimum Gasteiger partial charge on any atom is -0.300 e. The van der Waals surface area contributed by atoms with Gasteiger partial charge in [-0.1, -0.05) is 42.5 Å². The molecule has 1 N–H and O–H groups in total. The van der Waals surface area contributed by atoms with Gasteiger partial charge >= 0.3 is 0 Å². The van der Waals surface area contributed by atoms with Crippen molar-refractivity contribution in [2.24, 2.45) is 0 Å². The summed E-state index contributed by atoms with van der Waals surface area (Å²) in [6.07, 6.45) is 2.29. The lowest BCUT2D eigenvalue weighted by Gasteiger charge is -2.24. The maximum absolute atomic E-state index is 13.1. The Morgan fingerprint density at radius 2 is 1.70 bits per heavy atom. The number of fused-ring (bicyclic) bond motifs is 1. The molecular formula is C22H19N3O3S2. The lowest BCUT2D eigenvalue weighted by Crippen LogP contribution is -2.47. The number of anilines is 1. The van der Waals surface area contributed by atoms with Crippen molar-refractivity contribution in [1.82, 2.24) is 9.88 Å². The summed E-state index contributed by atoms with van der Waals surface area (Å²) in [7, 11) is 0. The molecular weight excluding hydrogens is 418 g/mol. The van der Waals surface area contributed by atoms with Crippen molar-refractivity contribution in [1.29, 1.82) is 0 Å². The first-order valence-electron chi connectivity index (χ1n) is 9.38. The summed E-state index contributed by atoms with van der Waals surface area (Å²) in [4.78, 5) is 44.4. The number of hydrogen-bond donors (Lipinski definition) is 1. The van der Waals surface area contributed by atoms with E-state index in [9.17, 15) is 14.4 Å². The number of rotatable bonds is 7. The predicted molar refractivity (Wildman–Crippen MR) is 120 cm³/mol. The summed E-state index contributed by atoms with van der Waals surface area (Å²) in [5.74, 6) is -0.632. The number of hydrogen-bond acceptors (Lipinski definition) is 6. The first-order chi connectivity index (χ1) is 14.6. The zero-order chi connectivity index (χ0) is 21.1. The predicted octanol–water partition coefficient (Wildman–Crippen LogP) is 4.17. The van der Waals surface area contributed by atoms with E-state index in [1.807, 2.05) is 42.0 Å². The molecule has 30 heavy (non-hydrogen) atoms. The van der Waals surface area contributed by atoms with Crippen molar-refractivity contribution in [3.05, 3.63) is 71.1 Å². The van der Waals surface area contributed by atoms with Gasteiger partial charge < -0.3 is 5.32 Å². The van der Waals surface area contributed by atoms with E-state index in [1.54, 1.807) is 36.0 Å². The molecule has 1 aromatic heterocycles. The van der Waals surface area contributed by atoms with E-state index in [1.165, 1.54) is 11.3 Å². The largest absolute Gasteiger partial charge is 0.300 e. The molecule has 3 amide bonds. The highest BCUT2D eigenvalue weighted by Crippen LogP contribution is 2.28. The summed E-state index contributed by atoms with van der Waals surface area (Å²) >= 11 is 2.87. The van der Waals surface area contributed by atoms with Gasteiger partial charge in [0, 0.05) is 10.9 Å². The minimum atomic E-state index is -0.895. The van der Waals surface area contributed by atoms with E-state index < -0.39 is 23.8 Å². The molecule has 2 aromatic carbocycles. The Bertz CT molecular complexity index is 1060. The third kappa shape index (κ3) is 3.88. The molecule has 0 aliphatic carbocycles. The van der Waals surface area contributed by atoms with Crippen LogP contribution < -0.4 is 5.32 Å². The van der Waals surface area contributed by atoms with Crippen LogP contribution in [-0.4, -0.2) is 45.7 Å². The van der Waals surface area contributed by atoms with Crippen molar-refractivity contribution >= 4 is 46.0 Å². The Hall–Kier alpha value is -2.97. The summed E-state index contributed by atoms with van der Waals surface area (Å²) in [5.41, 5.74) is 2.39. The second-order valence-electron chi connectivity index (χ2n) is 6.72. The fraction of sp³-hybridized carbons (Fsp3) is 0.182. The van der Waals surface area contributed by atoms with Gasteiger partial charge in [-0.05, 0) is 30.6 Å². The van der Waals surface area contributed by atoms with Crippen molar-refractivity contribution in [3.63, 3.8) is 0 Å². The van der Waals surface area contributed by atoms with Crippen LogP contribution in [0, 0.1) is 0 Å². The number of aromatic nitrogens is 1. The van der Waals surface area contributed by atoms with Crippen LogP contribution >= 0.6 is 23.1 Å². The number of nitrogens with zero attached hydrogens (tertiary/aromatic N) is 2. The van der Waals surface area contributed by atoms with E-state index in [0.29, 0.717) is 28.4 Å². The van der Waals surface area contributed by atoms with Crippen LogP contribution in [0.5, 0.6) is 0 Å². The molecule has 4 rings (SSSR count). The quantitative estimate of drug-likeness (QED) is 0.562. The van der Waals surface area contributed by atoms with Crippen LogP contribution in [0.3, 0.4) is 0 Å². The second kappa shape index (κ2) is 8.81. The van der Waals surface area contributed by atoms with E-state index in [-0.39, 0.29) is 0 Å².